The zero-order chi connectivity index (χ0) is 28.6. The summed E-state index contributed by atoms with van der Waals surface area (Å²) in [4.78, 5) is 4.67. The largest absolute Gasteiger partial charge is 0.309 e. The van der Waals surface area contributed by atoms with Gasteiger partial charge >= 0.3 is 0 Å². The lowest BCUT2D eigenvalue weighted by Gasteiger charge is -2.21. The van der Waals surface area contributed by atoms with Crippen molar-refractivity contribution in [1.82, 2.24) is 9.55 Å². The summed E-state index contributed by atoms with van der Waals surface area (Å²) >= 11 is 0. The Morgan fingerprint density at radius 3 is 2.05 bits per heavy atom. The molecule has 3 heteroatoms. The number of aromatic nitrogens is 3. The molecule has 0 N–H and O–H groups in total. The molecular formula is C39H34N3+. The zero-order valence-corrected chi connectivity index (χ0v) is 24.3. The van der Waals surface area contributed by atoms with E-state index in [-0.39, 0.29) is 12.0 Å². The van der Waals surface area contributed by atoms with Gasteiger partial charge < -0.3 is 4.57 Å². The lowest BCUT2D eigenvalue weighted by Crippen LogP contribution is -2.42. The van der Waals surface area contributed by atoms with E-state index in [9.17, 15) is 0 Å². The number of aryl methyl sites for hydroxylation is 1. The topological polar surface area (TPSA) is 21.7 Å². The summed E-state index contributed by atoms with van der Waals surface area (Å²) in [5.74, 6) is 0.259. The minimum atomic E-state index is 0.211. The van der Waals surface area contributed by atoms with E-state index in [1.165, 1.54) is 55.4 Å². The van der Waals surface area contributed by atoms with Crippen LogP contribution in [0.2, 0.25) is 0 Å². The average Bonchev–Trinajstić information content (AvgIpc) is 3.39. The molecule has 1 unspecified atom stereocenters. The smallest absolute Gasteiger partial charge is 0.213 e. The van der Waals surface area contributed by atoms with E-state index in [1.54, 1.807) is 0 Å². The van der Waals surface area contributed by atoms with Gasteiger partial charge in [0.25, 0.3) is 0 Å². The van der Waals surface area contributed by atoms with Crippen molar-refractivity contribution < 1.29 is 4.57 Å². The molecular weight excluding hydrogens is 510 g/mol. The van der Waals surface area contributed by atoms with Crippen molar-refractivity contribution in [2.75, 3.05) is 0 Å². The maximum absolute atomic E-state index is 4.67. The fourth-order valence-corrected chi connectivity index (χ4v) is 6.42. The van der Waals surface area contributed by atoms with Crippen LogP contribution in [0.15, 0.2) is 140 Å². The Kier molecular flexibility index (Phi) is 6.64. The molecule has 3 aromatic heterocycles. The number of nitrogens with zero attached hydrogens (tertiary/aromatic N) is 3. The number of para-hydroxylation sites is 2. The third kappa shape index (κ3) is 4.38. The molecule has 2 atom stereocenters. The van der Waals surface area contributed by atoms with Gasteiger partial charge in [0.2, 0.25) is 5.69 Å². The molecule has 7 rings (SSSR count). The Labute approximate surface area is 247 Å². The molecule has 0 saturated carbocycles. The number of pyridine rings is 2. The molecule has 0 spiro atoms. The van der Waals surface area contributed by atoms with E-state index in [2.05, 4.69) is 162 Å². The lowest BCUT2D eigenvalue weighted by atomic mass is 9.88. The van der Waals surface area contributed by atoms with Gasteiger partial charge in [-0.15, -0.1) is 0 Å². The highest BCUT2D eigenvalue weighted by Crippen LogP contribution is 2.36. The van der Waals surface area contributed by atoms with Crippen LogP contribution in [0.25, 0.3) is 50.0 Å². The molecule has 7 aromatic rings. The molecule has 4 aromatic carbocycles. The number of benzene rings is 4. The van der Waals surface area contributed by atoms with Gasteiger partial charge in [0, 0.05) is 46.3 Å². The van der Waals surface area contributed by atoms with Crippen molar-refractivity contribution in [2.45, 2.75) is 32.7 Å². The van der Waals surface area contributed by atoms with Crippen LogP contribution in [0.1, 0.15) is 36.9 Å². The van der Waals surface area contributed by atoms with Gasteiger partial charge in [0.05, 0.1) is 22.3 Å². The summed E-state index contributed by atoms with van der Waals surface area (Å²) in [6.07, 6.45) is 4.10. The minimum Gasteiger partial charge on any atom is -0.309 e. The maximum atomic E-state index is 4.67. The van der Waals surface area contributed by atoms with Crippen LogP contribution in [-0.4, -0.2) is 9.55 Å². The highest BCUT2D eigenvalue weighted by molar-refractivity contribution is 6.09. The Morgan fingerprint density at radius 1 is 0.643 bits per heavy atom. The second-order valence-electron chi connectivity index (χ2n) is 11.2. The van der Waals surface area contributed by atoms with Crippen molar-refractivity contribution in [2.24, 2.45) is 0 Å². The molecule has 0 radical (unpaired) electrons. The summed E-state index contributed by atoms with van der Waals surface area (Å²) in [6.45, 7) is 6.87. The Morgan fingerprint density at radius 2 is 1.31 bits per heavy atom. The Balaban J connectivity index is 1.34. The molecule has 0 aliphatic rings. The fourth-order valence-electron chi connectivity index (χ4n) is 6.42. The van der Waals surface area contributed by atoms with E-state index in [4.69, 9.17) is 0 Å². The minimum absolute atomic E-state index is 0.211. The number of fused-ring (bicyclic) bond motifs is 3. The van der Waals surface area contributed by atoms with Crippen LogP contribution >= 0.6 is 0 Å². The monoisotopic (exact) mass is 544 g/mol. The maximum Gasteiger partial charge on any atom is 0.213 e. The second-order valence-corrected chi connectivity index (χ2v) is 11.2. The first kappa shape index (κ1) is 25.9. The molecule has 0 saturated heterocycles. The van der Waals surface area contributed by atoms with Crippen molar-refractivity contribution in [3.8, 4) is 28.2 Å². The standard InChI is InChI=1S/C39H34N3/c1-27-22-23-30(42-38-20-8-6-16-33(38)34-17-7-9-21-39(34)42)26-35(27)37-19-11-13-25-41(37)29(3)28(2)31-14-4-5-15-32(31)36-18-10-12-24-40-36/h4-26,28-29H,1-3H3/q+1/t28?,29-/m0/s1. The van der Waals surface area contributed by atoms with Crippen LogP contribution < -0.4 is 4.57 Å². The summed E-state index contributed by atoms with van der Waals surface area (Å²) in [5.41, 5.74) is 10.9. The van der Waals surface area contributed by atoms with Crippen LogP contribution in [0.3, 0.4) is 0 Å². The Hall–Kier alpha value is -5.02. The second kappa shape index (κ2) is 10.8. The van der Waals surface area contributed by atoms with Crippen molar-refractivity contribution in [3.63, 3.8) is 0 Å². The molecule has 204 valence electrons. The predicted octanol–water partition coefficient (Wildman–Crippen LogP) is 9.47. The van der Waals surface area contributed by atoms with E-state index in [0.29, 0.717) is 0 Å². The highest BCUT2D eigenvalue weighted by atomic mass is 15.0. The molecule has 0 amide bonds. The number of hydrogen-bond donors (Lipinski definition) is 0. The SMILES string of the molecule is Cc1ccc(-n2c3ccccc3c3ccccc32)cc1-c1cccc[n+]1[C@@H](C)C(C)c1ccccc1-c1ccccn1. The molecule has 0 aliphatic heterocycles. The third-order valence-corrected chi connectivity index (χ3v) is 8.78. The van der Waals surface area contributed by atoms with Crippen LogP contribution in [-0.2, 0) is 0 Å². The first-order valence-corrected chi connectivity index (χ1v) is 14.7. The van der Waals surface area contributed by atoms with Crippen molar-refractivity contribution in [3.05, 3.63) is 151 Å². The first-order valence-electron chi connectivity index (χ1n) is 14.7. The van der Waals surface area contributed by atoms with Crippen LogP contribution in [0.4, 0.5) is 0 Å². The van der Waals surface area contributed by atoms with Crippen LogP contribution in [0, 0.1) is 6.92 Å². The van der Waals surface area contributed by atoms with E-state index in [0.717, 1.165) is 5.69 Å². The van der Waals surface area contributed by atoms with E-state index >= 15 is 0 Å². The molecule has 0 aliphatic carbocycles. The molecule has 3 heterocycles. The summed E-state index contributed by atoms with van der Waals surface area (Å²) in [7, 11) is 0. The summed E-state index contributed by atoms with van der Waals surface area (Å²) in [6, 6.07) is 45.8. The highest BCUT2D eigenvalue weighted by Gasteiger charge is 2.28. The fraction of sp³-hybridized carbons (Fsp3) is 0.128. The van der Waals surface area contributed by atoms with Gasteiger partial charge in [-0.2, -0.15) is 4.57 Å². The van der Waals surface area contributed by atoms with Gasteiger partial charge in [0.1, 0.15) is 0 Å². The lowest BCUT2D eigenvalue weighted by molar-refractivity contribution is -0.712. The average molecular weight is 545 g/mol. The summed E-state index contributed by atoms with van der Waals surface area (Å²) < 4.78 is 4.84. The van der Waals surface area contributed by atoms with Crippen LogP contribution in [0.5, 0.6) is 0 Å². The first-order chi connectivity index (χ1) is 20.6. The number of hydrogen-bond acceptors (Lipinski definition) is 1. The van der Waals surface area contributed by atoms with Crippen molar-refractivity contribution >= 4 is 21.8 Å². The Bertz CT molecular complexity index is 1980. The quantitative estimate of drug-likeness (QED) is 0.191. The van der Waals surface area contributed by atoms with Gasteiger partial charge in [-0.1, -0.05) is 79.7 Å². The van der Waals surface area contributed by atoms with Gasteiger partial charge in [-0.05, 0) is 67.4 Å². The predicted molar refractivity (Wildman–Crippen MR) is 174 cm³/mol. The molecule has 42 heavy (non-hydrogen) atoms. The molecule has 3 nitrogen and oxygen atoms in total. The summed E-state index contributed by atoms with van der Waals surface area (Å²) in [5, 5.41) is 2.55. The molecule has 0 bridgehead atoms. The van der Waals surface area contributed by atoms with E-state index in [1.807, 2.05) is 12.3 Å². The van der Waals surface area contributed by atoms with Gasteiger partial charge in [-0.25, -0.2) is 0 Å². The normalized spacial score (nSPS) is 12.9. The van der Waals surface area contributed by atoms with Crippen molar-refractivity contribution in [1.29, 1.82) is 0 Å². The molecule has 0 fully saturated rings. The van der Waals surface area contributed by atoms with Gasteiger partial charge in [-0.3, -0.25) is 4.98 Å². The number of rotatable bonds is 6. The zero-order valence-electron chi connectivity index (χ0n) is 24.3. The van der Waals surface area contributed by atoms with Gasteiger partial charge in [0.15, 0.2) is 12.2 Å². The third-order valence-electron chi connectivity index (χ3n) is 8.78. The van der Waals surface area contributed by atoms with E-state index < -0.39 is 0 Å².